The fourth-order valence-corrected chi connectivity index (χ4v) is 2.53. The van der Waals surface area contributed by atoms with Crippen LogP contribution < -0.4 is 10.2 Å². The number of nitrogens with one attached hydrogen (secondary N) is 1. The van der Waals surface area contributed by atoms with Crippen LogP contribution in [0.1, 0.15) is 50.6 Å². The Balaban J connectivity index is 2.03. The van der Waals surface area contributed by atoms with Crippen molar-refractivity contribution < 1.29 is 0 Å². The lowest BCUT2D eigenvalue weighted by Crippen LogP contribution is -2.22. The fourth-order valence-electron chi connectivity index (χ4n) is 2.53. The van der Waals surface area contributed by atoms with Crippen LogP contribution in [0.2, 0.25) is 0 Å². The minimum atomic E-state index is 0.528. The van der Waals surface area contributed by atoms with E-state index in [0.29, 0.717) is 6.04 Å². The van der Waals surface area contributed by atoms with E-state index < -0.39 is 0 Å². The highest BCUT2D eigenvalue weighted by atomic mass is 15.1. The summed E-state index contributed by atoms with van der Waals surface area (Å²) in [5.41, 5.74) is 2.74. The van der Waals surface area contributed by atoms with Gasteiger partial charge in [-0.1, -0.05) is 31.9 Å². The van der Waals surface area contributed by atoms with Crippen LogP contribution in [0, 0.1) is 5.92 Å². The summed E-state index contributed by atoms with van der Waals surface area (Å²) in [5.74, 6) is 1.02. The van der Waals surface area contributed by atoms with Gasteiger partial charge in [0.15, 0.2) is 0 Å². The molecule has 0 spiro atoms. The van der Waals surface area contributed by atoms with Gasteiger partial charge < -0.3 is 10.2 Å². The average Bonchev–Trinajstić information content (AvgIpc) is 3.23. The van der Waals surface area contributed by atoms with Crippen molar-refractivity contribution in [2.45, 2.75) is 45.1 Å². The Labute approximate surface area is 118 Å². The molecule has 0 aromatic heterocycles. The van der Waals surface area contributed by atoms with Gasteiger partial charge in [0, 0.05) is 25.8 Å². The Bertz CT molecular complexity index is 383. The van der Waals surface area contributed by atoms with Crippen LogP contribution in [0.25, 0.3) is 0 Å². The third-order valence-electron chi connectivity index (χ3n) is 3.99. The zero-order valence-corrected chi connectivity index (χ0v) is 12.7. The molecule has 1 saturated carbocycles. The van der Waals surface area contributed by atoms with Crippen molar-refractivity contribution in [1.29, 1.82) is 0 Å². The molecule has 2 rings (SSSR count). The maximum atomic E-state index is 3.72. The van der Waals surface area contributed by atoms with Crippen LogP contribution in [-0.4, -0.2) is 20.6 Å². The zero-order chi connectivity index (χ0) is 13.7. The summed E-state index contributed by atoms with van der Waals surface area (Å²) in [5, 5.41) is 3.72. The number of hydrogen-bond donors (Lipinski definition) is 1. The highest BCUT2D eigenvalue weighted by Crippen LogP contribution is 2.36. The van der Waals surface area contributed by atoms with Gasteiger partial charge in [-0.2, -0.15) is 0 Å². The molecule has 1 atom stereocenters. The lowest BCUT2D eigenvalue weighted by atomic mass is 9.99. The van der Waals surface area contributed by atoms with E-state index in [4.69, 9.17) is 0 Å². The number of nitrogens with zero attached hydrogens (tertiary/aromatic N) is 1. The topological polar surface area (TPSA) is 15.3 Å². The van der Waals surface area contributed by atoms with Crippen molar-refractivity contribution in [3.63, 3.8) is 0 Å². The van der Waals surface area contributed by atoms with Crippen LogP contribution in [0.4, 0.5) is 5.69 Å². The van der Waals surface area contributed by atoms with Crippen LogP contribution in [0.3, 0.4) is 0 Å². The van der Waals surface area contributed by atoms with E-state index in [-0.39, 0.29) is 0 Å². The van der Waals surface area contributed by atoms with Gasteiger partial charge in [-0.25, -0.2) is 0 Å². The Kier molecular flexibility index (Phi) is 5.26. The second kappa shape index (κ2) is 6.95. The second-order valence-electron chi connectivity index (χ2n) is 6.02. The predicted molar refractivity (Wildman–Crippen MR) is 83.8 cm³/mol. The second-order valence-corrected chi connectivity index (χ2v) is 6.02. The highest BCUT2D eigenvalue weighted by Gasteiger charge is 2.23. The molecule has 2 nitrogen and oxygen atoms in total. The number of benzene rings is 1. The minimum Gasteiger partial charge on any atom is -0.378 e. The predicted octanol–water partition coefficient (Wildman–Crippen LogP) is 3.98. The maximum absolute atomic E-state index is 3.72. The smallest absolute Gasteiger partial charge is 0.0364 e. The van der Waals surface area contributed by atoms with Gasteiger partial charge in [-0.3, -0.25) is 0 Å². The van der Waals surface area contributed by atoms with Crippen molar-refractivity contribution >= 4 is 5.69 Å². The molecular weight excluding hydrogens is 232 g/mol. The lowest BCUT2D eigenvalue weighted by Gasteiger charge is -2.21. The van der Waals surface area contributed by atoms with Gasteiger partial charge in [-0.15, -0.1) is 0 Å². The Morgan fingerprint density at radius 1 is 1.32 bits per heavy atom. The van der Waals surface area contributed by atoms with Crippen LogP contribution in [-0.2, 0) is 0 Å². The fraction of sp³-hybridized carbons (Fsp3) is 0.647. The largest absolute Gasteiger partial charge is 0.378 e. The summed E-state index contributed by atoms with van der Waals surface area (Å²) in [6.45, 7) is 3.35. The van der Waals surface area contributed by atoms with Gasteiger partial charge in [0.05, 0.1) is 0 Å². The SMILES string of the molecule is CCCNC(CCC1CC1)c1cccc(N(C)C)c1. The van der Waals surface area contributed by atoms with Gasteiger partial charge in [0.2, 0.25) is 0 Å². The van der Waals surface area contributed by atoms with E-state index in [1.807, 2.05) is 0 Å². The van der Waals surface area contributed by atoms with Crippen molar-refractivity contribution in [3.8, 4) is 0 Å². The molecule has 0 radical (unpaired) electrons. The Morgan fingerprint density at radius 2 is 2.11 bits per heavy atom. The molecule has 0 heterocycles. The Morgan fingerprint density at radius 3 is 2.74 bits per heavy atom. The molecule has 1 N–H and O–H groups in total. The molecule has 1 fully saturated rings. The zero-order valence-electron chi connectivity index (χ0n) is 12.7. The lowest BCUT2D eigenvalue weighted by molar-refractivity contribution is 0.470. The Hall–Kier alpha value is -1.02. The van der Waals surface area contributed by atoms with Gasteiger partial charge in [0.25, 0.3) is 0 Å². The quantitative estimate of drug-likeness (QED) is 0.760. The summed E-state index contributed by atoms with van der Waals surface area (Å²) in [7, 11) is 4.22. The molecule has 1 unspecified atom stereocenters. The molecule has 0 bridgehead atoms. The van der Waals surface area contributed by atoms with E-state index in [1.54, 1.807) is 0 Å². The van der Waals surface area contributed by atoms with Crippen LogP contribution in [0.5, 0.6) is 0 Å². The normalized spacial score (nSPS) is 16.4. The first-order valence-corrected chi connectivity index (χ1v) is 7.71. The molecule has 0 aliphatic heterocycles. The molecule has 0 saturated heterocycles. The van der Waals surface area contributed by atoms with Gasteiger partial charge >= 0.3 is 0 Å². The van der Waals surface area contributed by atoms with Crippen molar-refractivity contribution in [2.24, 2.45) is 5.92 Å². The number of hydrogen-bond acceptors (Lipinski definition) is 2. The van der Waals surface area contributed by atoms with Crippen LogP contribution >= 0.6 is 0 Å². The van der Waals surface area contributed by atoms with Crippen molar-refractivity contribution in [1.82, 2.24) is 5.32 Å². The van der Waals surface area contributed by atoms with E-state index in [0.717, 1.165) is 12.5 Å². The molecule has 1 aliphatic carbocycles. The molecule has 0 amide bonds. The van der Waals surface area contributed by atoms with Crippen molar-refractivity contribution in [2.75, 3.05) is 25.5 Å². The molecule has 1 aliphatic rings. The molecule has 106 valence electrons. The first kappa shape index (κ1) is 14.4. The van der Waals surface area contributed by atoms with Gasteiger partial charge in [-0.05, 0) is 49.4 Å². The average molecular weight is 260 g/mol. The van der Waals surface area contributed by atoms with E-state index in [9.17, 15) is 0 Å². The molecular formula is C17H28N2. The number of anilines is 1. The van der Waals surface area contributed by atoms with Gasteiger partial charge in [0.1, 0.15) is 0 Å². The molecule has 2 heteroatoms. The molecule has 1 aromatic rings. The summed E-state index contributed by atoms with van der Waals surface area (Å²) >= 11 is 0. The van der Waals surface area contributed by atoms with E-state index >= 15 is 0 Å². The first-order chi connectivity index (χ1) is 9.20. The summed E-state index contributed by atoms with van der Waals surface area (Å²) in [4.78, 5) is 2.18. The maximum Gasteiger partial charge on any atom is 0.0364 e. The summed E-state index contributed by atoms with van der Waals surface area (Å²) < 4.78 is 0. The van der Waals surface area contributed by atoms with E-state index in [1.165, 1.54) is 43.4 Å². The van der Waals surface area contributed by atoms with E-state index in [2.05, 4.69) is 55.5 Å². The third kappa shape index (κ3) is 4.54. The number of rotatable bonds is 8. The first-order valence-electron chi connectivity index (χ1n) is 7.71. The minimum absolute atomic E-state index is 0.528. The molecule has 19 heavy (non-hydrogen) atoms. The molecule has 1 aromatic carbocycles. The standard InChI is InChI=1S/C17H28N2/c1-4-12-18-17(11-10-14-8-9-14)15-6-5-7-16(13-15)19(2)3/h5-7,13-14,17-18H,4,8-12H2,1-3H3. The highest BCUT2D eigenvalue weighted by molar-refractivity contribution is 5.47. The monoisotopic (exact) mass is 260 g/mol. The third-order valence-corrected chi connectivity index (χ3v) is 3.99. The summed E-state index contributed by atoms with van der Waals surface area (Å²) in [6, 6.07) is 9.50. The van der Waals surface area contributed by atoms with Crippen molar-refractivity contribution in [3.05, 3.63) is 29.8 Å². The summed E-state index contributed by atoms with van der Waals surface area (Å²) in [6.07, 6.45) is 6.78. The van der Waals surface area contributed by atoms with Crippen LogP contribution in [0.15, 0.2) is 24.3 Å².